The minimum atomic E-state index is -0.441. The quantitative estimate of drug-likeness (QED) is 0.267. The molecule has 6 nitrogen and oxygen atoms in total. The molecule has 0 unspecified atom stereocenters. The zero-order valence-corrected chi connectivity index (χ0v) is 17.1. The Balaban J connectivity index is 1.90. The summed E-state index contributed by atoms with van der Waals surface area (Å²) in [6.07, 6.45) is 1.60. The van der Waals surface area contributed by atoms with E-state index in [1.165, 1.54) is 17.4 Å². The summed E-state index contributed by atoms with van der Waals surface area (Å²) in [6, 6.07) is 15.4. The second-order valence-corrected chi connectivity index (χ2v) is 7.71. The van der Waals surface area contributed by atoms with Crippen LogP contribution in [0.1, 0.15) is 5.76 Å². The average molecular weight is 446 g/mol. The topological polar surface area (TPSA) is 73.6 Å². The van der Waals surface area contributed by atoms with Gasteiger partial charge in [-0.15, -0.1) is 11.3 Å². The van der Waals surface area contributed by atoms with Gasteiger partial charge in [0, 0.05) is 17.0 Å². The zero-order valence-electron chi connectivity index (χ0n) is 14.8. The molecule has 4 rings (SSSR count). The van der Waals surface area contributed by atoms with Crippen LogP contribution in [-0.4, -0.2) is 9.49 Å². The summed E-state index contributed by atoms with van der Waals surface area (Å²) >= 11 is 13.6. The molecular weight excluding hydrogens is 433 g/mol. The molecule has 0 N–H and O–H groups in total. The lowest BCUT2D eigenvalue weighted by molar-refractivity contribution is -0.384. The van der Waals surface area contributed by atoms with Gasteiger partial charge in [-0.25, -0.2) is 4.99 Å². The third-order valence-corrected chi connectivity index (χ3v) is 5.80. The summed E-state index contributed by atoms with van der Waals surface area (Å²) in [5.41, 5.74) is 1.93. The average Bonchev–Trinajstić information content (AvgIpc) is 3.35. The minimum absolute atomic E-state index is 0.0541. The smallest absolute Gasteiger partial charge is 0.294 e. The lowest BCUT2D eigenvalue weighted by Crippen LogP contribution is -2.16. The van der Waals surface area contributed by atoms with E-state index in [1.54, 1.807) is 42.7 Å². The maximum atomic E-state index is 11.3. The predicted molar refractivity (Wildman–Crippen MR) is 114 cm³/mol. The fourth-order valence-electron chi connectivity index (χ4n) is 2.83. The fourth-order valence-corrected chi connectivity index (χ4v) is 4.05. The van der Waals surface area contributed by atoms with Gasteiger partial charge in [-0.2, -0.15) is 0 Å². The number of para-hydroxylation sites is 2. The molecule has 2 aromatic carbocycles. The zero-order chi connectivity index (χ0) is 20.4. The Hall–Kier alpha value is -2.87. The lowest BCUT2D eigenvalue weighted by Gasteiger charge is -2.09. The van der Waals surface area contributed by atoms with Gasteiger partial charge in [0.15, 0.2) is 4.80 Å². The van der Waals surface area contributed by atoms with Crippen LogP contribution in [0.15, 0.2) is 75.7 Å². The molecular formula is C20H13Cl2N3O3S. The fraction of sp³-hybridized carbons (Fsp3) is 0.0500. The number of nitro groups is 1. The van der Waals surface area contributed by atoms with Gasteiger partial charge >= 0.3 is 0 Å². The molecule has 0 aliphatic heterocycles. The highest BCUT2D eigenvalue weighted by atomic mass is 35.5. The number of hydrogen-bond donors (Lipinski definition) is 0. The van der Waals surface area contributed by atoms with Crippen molar-refractivity contribution < 1.29 is 9.34 Å². The van der Waals surface area contributed by atoms with Crippen LogP contribution < -0.4 is 4.80 Å². The van der Waals surface area contributed by atoms with Gasteiger partial charge in [0.2, 0.25) is 0 Å². The Morgan fingerprint density at radius 1 is 1.10 bits per heavy atom. The summed E-state index contributed by atoms with van der Waals surface area (Å²) in [7, 11) is 0. The van der Waals surface area contributed by atoms with Gasteiger partial charge in [0.1, 0.15) is 11.4 Å². The van der Waals surface area contributed by atoms with E-state index in [4.69, 9.17) is 27.6 Å². The van der Waals surface area contributed by atoms with E-state index in [0.717, 1.165) is 17.0 Å². The SMILES string of the molecule is O=[N+]([O-])c1ccccc1N=c1scc(-c2ccc(Cl)c(Cl)c2)n1Cc1ccco1. The van der Waals surface area contributed by atoms with E-state index < -0.39 is 4.92 Å². The summed E-state index contributed by atoms with van der Waals surface area (Å²) in [6.45, 7) is 0.408. The van der Waals surface area contributed by atoms with Crippen molar-refractivity contribution in [2.24, 2.45) is 4.99 Å². The standard InChI is InChI=1S/C20H13Cl2N3O3S/c21-15-8-7-13(10-16(15)22)19-12-29-20(24(19)11-14-4-3-9-28-14)23-17-5-1-2-6-18(17)25(26)27/h1-10,12H,11H2. The number of aromatic nitrogens is 1. The maximum absolute atomic E-state index is 11.3. The first kappa shape index (κ1) is 19.4. The van der Waals surface area contributed by atoms with Crippen LogP contribution in [0.4, 0.5) is 11.4 Å². The Labute approximate surface area is 179 Å². The van der Waals surface area contributed by atoms with Crippen LogP contribution in [0.25, 0.3) is 11.3 Å². The molecule has 2 aromatic heterocycles. The number of benzene rings is 2. The minimum Gasteiger partial charge on any atom is -0.467 e. The number of furan rings is 1. The Kier molecular flexibility index (Phi) is 5.53. The molecule has 0 aliphatic rings. The second kappa shape index (κ2) is 8.24. The van der Waals surface area contributed by atoms with E-state index in [1.807, 2.05) is 22.1 Å². The van der Waals surface area contributed by atoms with Gasteiger partial charge in [0.25, 0.3) is 5.69 Å². The molecule has 29 heavy (non-hydrogen) atoms. The number of hydrogen-bond acceptors (Lipinski definition) is 5. The molecule has 0 spiro atoms. The van der Waals surface area contributed by atoms with Crippen molar-refractivity contribution in [3.63, 3.8) is 0 Å². The Morgan fingerprint density at radius 2 is 1.93 bits per heavy atom. The Morgan fingerprint density at radius 3 is 2.66 bits per heavy atom. The first-order valence-electron chi connectivity index (χ1n) is 8.47. The van der Waals surface area contributed by atoms with E-state index in [9.17, 15) is 10.1 Å². The van der Waals surface area contributed by atoms with Crippen molar-refractivity contribution in [3.05, 3.63) is 97.0 Å². The number of rotatable bonds is 5. The molecule has 0 saturated carbocycles. The highest BCUT2D eigenvalue weighted by Gasteiger charge is 2.15. The molecule has 0 amide bonds. The molecule has 0 radical (unpaired) electrons. The van der Waals surface area contributed by atoms with Crippen LogP contribution in [0.2, 0.25) is 10.0 Å². The first-order valence-corrected chi connectivity index (χ1v) is 10.1. The van der Waals surface area contributed by atoms with Crippen molar-refractivity contribution in [1.82, 2.24) is 4.57 Å². The lowest BCUT2D eigenvalue weighted by atomic mass is 10.1. The summed E-state index contributed by atoms with van der Waals surface area (Å²) in [4.78, 5) is 16.1. The van der Waals surface area contributed by atoms with Crippen LogP contribution in [0, 0.1) is 10.1 Å². The van der Waals surface area contributed by atoms with Gasteiger partial charge in [-0.3, -0.25) is 10.1 Å². The molecule has 2 heterocycles. The number of nitrogens with zero attached hydrogens (tertiary/aromatic N) is 3. The normalized spacial score (nSPS) is 11.7. The highest BCUT2D eigenvalue weighted by molar-refractivity contribution is 7.07. The largest absolute Gasteiger partial charge is 0.467 e. The van der Waals surface area contributed by atoms with Crippen LogP contribution in [0.5, 0.6) is 0 Å². The predicted octanol–water partition coefficient (Wildman–Crippen LogP) is 6.31. The summed E-state index contributed by atoms with van der Waals surface area (Å²) in [5.74, 6) is 0.730. The monoisotopic (exact) mass is 445 g/mol. The van der Waals surface area contributed by atoms with Crippen LogP contribution >= 0.6 is 34.5 Å². The molecule has 0 atom stereocenters. The number of thiazole rings is 1. The van der Waals surface area contributed by atoms with E-state index >= 15 is 0 Å². The van der Waals surface area contributed by atoms with Crippen molar-refractivity contribution in [2.45, 2.75) is 6.54 Å². The van der Waals surface area contributed by atoms with E-state index in [0.29, 0.717) is 21.4 Å². The molecule has 4 aromatic rings. The van der Waals surface area contributed by atoms with E-state index in [-0.39, 0.29) is 11.4 Å². The third-order valence-electron chi connectivity index (χ3n) is 4.20. The second-order valence-electron chi connectivity index (χ2n) is 6.06. The van der Waals surface area contributed by atoms with Crippen molar-refractivity contribution in [3.8, 4) is 11.3 Å². The van der Waals surface area contributed by atoms with Crippen molar-refractivity contribution in [2.75, 3.05) is 0 Å². The van der Waals surface area contributed by atoms with E-state index in [2.05, 4.69) is 4.99 Å². The third kappa shape index (κ3) is 4.12. The summed E-state index contributed by atoms with van der Waals surface area (Å²) in [5, 5.41) is 14.2. The molecule has 0 aliphatic carbocycles. The van der Waals surface area contributed by atoms with Crippen LogP contribution in [0.3, 0.4) is 0 Å². The molecule has 9 heteroatoms. The summed E-state index contributed by atoms with van der Waals surface area (Å²) < 4.78 is 7.42. The number of halogens is 2. The molecule has 0 fully saturated rings. The van der Waals surface area contributed by atoms with Gasteiger partial charge in [-0.1, -0.05) is 41.4 Å². The van der Waals surface area contributed by atoms with Gasteiger partial charge in [0.05, 0.1) is 33.5 Å². The van der Waals surface area contributed by atoms with Gasteiger partial charge in [-0.05, 0) is 30.3 Å². The van der Waals surface area contributed by atoms with Crippen LogP contribution in [-0.2, 0) is 6.54 Å². The molecule has 0 bridgehead atoms. The maximum Gasteiger partial charge on any atom is 0.294 e. The van der Waals surface area contributed by atoms with Gasteiger partial charge < -0.3 is 8.98 Å². The first-order chi connectivity index (χ1) is 14.0. The Bertz CT molecular complexity index is 1250. The molecule has 0 saturated heterocycles. The highest BCUT2D eigenvalue weighted by Crippen LogP contribution is 2.30. The van der Waals surface area contributed by atoms with Crippen molar-refractivity contribution >= 4 is 45.9 Å². The van der Waals surface area contributed by atoms with Crippen molar-refractivity contribution in [1.29, 1.82) is 0 Å². The molecule has 146 valence electrons. The number of nitro benzene ring substituents is 1.